The zero-order chi connectivity index (χ0) is 22.8. The van der Waals surface area contributed by atoms with E-state index in [4.69, 9.17) is 11.6 Å². The monoisotopic (exact) mass is 470 g/mol. The van der Waals surface area contributed by atoms with Crippen molar-refractivity contribution >= 4 is 17.6 Å². The molecular formula is C18H17ClF6N4O2. The molecule has 0 spiro atoms. The maximum absolute atomic E-state index is 12.8. The normalized spacial score (nSPS) is 18.4. The number of piperazine rings is 1. The van der Waals surface area contributed by atoms with E-state index in [0.717, 1.165) is 0 Å². The van der Waals surface area contributed by atoms with Crippen LogP contribution in [0.4, 0.5) is 26.3 Å². The maximum Gasteiger partial charge on any atom is 0.434 e. The Balaban J connectivity index is 1.83. The highest BCUT2D eigenvalue weighted by Gasteiger charge is 2.60. The van der Waals surface area contributed by atoms with Crippen LogP contribution < -0.4 is 5.32 Å². The van der Waals surface area contributed by atoms with E-state index >= 15 is 0 Å². The van der Waals surface area contributed by atoms with E-state index in [1.807, 2.05) is 0 Å². The highest BCUT2D eigenvalue weighted by Crippen LogP contribution is 2.36. The SMILES string of the molecule is O=C(OC(C(F)(F)F)C(F)(F)F)C1CNCCN1Cc1ccc(Cl)cc1-n1cccn1. The molecule has 3 rings (SSSR count). The number of rotatable bonds is 5. The molecule has 0 amide bonds. The van der Waals surface area contributed by atoms with Crippen molar-refractivity contribution in [1.82, 2.24) is 20.0 Å². The van der Waals surface area contributed by atoms with Gasteiger partial charge in [-0.15, -0.1) is 0 Å². The summed E-state index contributed by atoms with van der Waals surface area (Å²) in [6.45, 7) is 0.475. The first-order chi connectivity index (χ1) is 14.5. The van der Waals surface area contributed by atoms with Crippen LogP contribution in [0.5, 0.6) is 0 Å². The van der Waals surface area contributed by atoms with Gasteiger partial charge >= 0.3 is 18.3 Å². The minimum atomic E-state index is -5.77. The standard InChI is InChI=1S/C18H17ClF6N4O2/c19-12-3-2-11(13(8-12)29-6-1-4-27-29)10-28-7-5-26-9-14(28)15(30)31-16(17(20,21)22)18(23,24)25/h1-4,6,8,14,16,26H,5,7,9-10H2. The van der Waals surface area contributed by atoms with E-state index in [9.17, 15) is 31.1 Å². The molecule has 1 aromatic carbocycles. The first-order valence-electron chi connectivity index (χ1n) is 9.04. The topological polar surface area (TPSA) is 59.4 Å². The van der Waals surface area contributed by atoms with E-state index in [1.165, 1.54) is 15.8 Å². The van der Waals surface area contributed by atoms with Crippen molar-refractivity contribution in [1.29, 1.82) is 0 Å². The van der Waals surface area contributed by atoms with Crippen molar-refractivity contribution in [2.45, 2.75) is 31.0 Å². The molecule has 1 aromatic heterocycles. The van der Waals surface area contributed by atoms with Gasteiger partial charge in [0.15, 0.2) is 0 Å². The third-order valence-corrected chi connectivity index (χ3v) is 4.86. The van der Waals surface area contributed by atoms with Gasteiger partial charge in [-0.1, -0.05) is 17.7 Å². The average molecular weight is 471 g/mol. The molecule has 0 bridgehead atoms. The smallest absolute Gasteiger partial charge is 0.434 e. The molecule has 13 heteroatoms. The number of alkyl halides is 6. The molecule has 1 atom stereocenters. The molecule has 2 heterocycles. The van der Waals surface area contributed by atoms with Gasteiger partial charge in [0.1, 0.15) is 6.04 Å². The molecule has 1 saturated heterocycles. The van der Waals surface area contributed by atoms with Crippen molar-refractivity contribution < 1.29 is 35.9 Å². The second kappa shape index (κ2) is 9.05. The fourth-order valence-electron chi connectivity index (χ4n) is 3.20. The van der Waals surface area contributed by atoms with Gasteiger partial charge in [0, 0.05) is 43.6 Å². The van der Waals surface area contributed by atoms with Crippen molar-refractivity contribution in [3.05, 3.63) is 47.2 Å². The van der Waals surface area contributed by atoms with Gasteiger partial charge in [0.2, 0.25) is 0 Å². The molecule has 1 aliphatic heterocycles. The van der Waals surface area contributed by atoms with Crippen LogP contribution in [-0.4, -0.2) is 64.8 Å². The predicted molar refractivity (Wildman–Crippen MR) is 97.6 cm³/mol. The summed E-state index contributed by atoms with van der Waals surface area (Å²) in [7, 11) is 0. The fourth-order valence-corrected chi connectivity index (χ4v) is 3.36. The summed E-state index contributed by atoms with van der Waals surface area (Å²) in [5, 5.41) is 7.31. The molecule has 6 nitrogen and oxygen atoms in total. The molecule has 1 fully saturated rings. The molecule has 2 aromatic rings. The minimum absolute atomic E-state index is 0.0521. The predicted octanol–water partition coefficient (Wildman–Crippen LogP) is 3.34. The highest BCUT2D eigenvalue weighted by atomic mass is 35.5. The Kier molecular flexibility index (Phi) is 6.82. The number of aromatic nitrogens is 2. The summed E-state index contributed by atoms with van der Waals surface area (Å²) in [5.41, 5.74) is 1.18. The Morgan fingerprint density at radius 3 is 2.58 bits per heavy atom. The largest absolute Gasteiger partial charge is 0.442 e. The maximum atomic E-state index is 12.8. The number of nitrogens with one attached hydrogen (secondary N) is 1. The molecule has 0 aliphatic carbocycles. The number of carbonyl (C=O) groups is 1. The molecule has 1 unspecified atom stereocenters. The van der Waals surface area contributed by atoms with E-state index in [-0.39, 0.29) is 19.6 Å². The lowest BCUT2D eigenvalue weighted by molar-refractivity contribution is -0.314. The number of ether oxygens (including phenoxy) is 1. The summed E-state index contributed by atoms with van der Waals surface area (Å²) >= 11 is 6.05. The Labute approximate surface area is 177 Å². The second-order valence-corrected chi connectivity index (χ2v) is 7.25. The van der Waals surface area contributed by atoms with Crippen LogP contribution in [0.1, 0.15) is 5.56 Å². The number of hydrogen-bond donors (Lipinski definition) is 1. The van der Waals surface area contributed by atoms with Crippen LogP contribution in [-0.2, 0) is 16.1 Å². The number of nitrogens with zero attached hydrogens (tertiary/aromatic N) is 3. The van der Waals surface area contributed by atoms with Crippen molar-refractivity contribution in [3.63, 3.8) is 0 Å². The van der Waals surface area contributed by atoms with Crippen molar-refractivity contribution in [2.75, 3.05) is 19.6 Å². The number of carbonyl (C=O) groups excluding carboxylic acids is 1. The Bertz CT molecular complexity index is 889. The molecule has 31 heavy (non-hydrogen) atoms. The van der Waals surface area contributed by atoms with Gasteiger partial charge in [0.05, 0.1) is 5.69 Å². The van der Waals surface area contributed by atoms with Crippen LogP contribution in [0.3, 0.4) is 0 Å². The summed E-state index contributed by atoms with van der Waals surface area (Å²) in [6, 6.07) is 5.18. The highest BCUT2D eigenvalue weighted by molar-refractivity contribution is 6.30. The van der Waals surface area contributed by atoms with Crippen LogP contribution in [0.2, 0.25) is 5.02 Å². The summed E-state index contributed by atoms with van der Waals surface area (Å²) in [5.74, 6) is -1.61. The molecule has 0 saturated carbocycles. The van der Waals surface area contributed by atoms with Crippen LogP contribution >= 0.6 is 11.6 Å². The van der Waals surface area contributed by atoms with E-state index < -0.39 is 30.5 Å². The van der Waals surface area contributed by atoms with Crippen LogP contribution in [0.15, 0.2) is 36.7 Å². The Morgan fingerprint density at radius 2 is 1.97 bits per heavy atom. The fraction of sp³-hybridized carbons (Fsp3) is 0.444. The molecule has 1 N–H and O–H groups in total. The molecular weight excluding hydrogens is 454 g/mol. The average Bonchev–Trinajstić information content (AvgIpc) is 3.20. The summed E-state index contributed by atoms with van der Waals surface area (Å²) in [6.07, 6.45) is -12.6. The lowest BCUT2D eigenvalue weighted by Gasteiger charge is -2.36. The van der Waals surface area contributed by atoms with Gasteiger partial charge in [0.25, 0.3) is 6.10 Å². The zero-order valence-corrected chi connectivity index (χ0v) is 16.5. The van der Waals surface area contributed by atoms with Gasteiger partial charge in [-0.3, -0.25) is 9.69 Å². The Hall–Kier alpha value is -2.31. The van der Waals surface area contributed by atoms with Gasteiger partial charge in [-0.05, 0) is 23.8 Å². The second-order valence-electron chi connectivity index (χ2n) is 6.81. The molecule has 170 valence electrons. The van der Waals surface area contributed by atoms with Gasteiger partial charge in [-0.2, -0.15) is 31.4 Å². The van der Waals surface area contributed by atoms with Crippen LogP contribution in [0.25, 0.3) is 5.69 Å². The third kappa shape index (κ3) is 5.69. The number of benzene rings is 1. The van der Waals surface area contributed by atoms with Gasteiger partial charge < -0.3 is 10.1 Å². The Morgan fingerprint density at radius 1 is 1.26 bits per heavy atom. The number of hydrogen-bond acceptors (Lipinski definition) is 5. The summed E-state index contributed by atoms with van der Waals surface area (Å²) in [4.78, 5) is 13.8. The van der Waals surface area contributed by atoms with E-state index in [0.29, 0.717) is 22.8 Å². The van der Waals surface area contributed by atoms with E-state index in [2.05, 4.69) is 15.2 Å². The first-order valence-corrected chi connectivity index (χ1v) is 9.42. The molecule has 1 aliphatic rings. The van der Waals surface area contributed by atoms with Crippen molar-refractivity contribution in [2.24, 2.45) is 0 Å². The minimum Gasteiger partial charge on any atom is -0.442 e. The number of halogens is 7. The lowest BCUT2D eigenvalue weighted by atomic mass is 10.1. The zero-order valence-electron chi connectivity index (χ0n) is 15.8. The van der Waals surface area contributed by atoms with E-state index in [1.54, 1.807) is 30.5 Å². The summed E-state index contributed by atoms with van der Waals surface area (Å²) < 4.78 is 82.1. The first kappa shape index (κ1) is 23.4. The third-order valence-electron chi connectivity index (χ3n) is 4.63. The quantitative estimate of drug-likeness (QED) is 0.536. The van der Waals surface area contributed by atoms with Gasteiger partial charge in [-0.25, -0.2) is 4.68 Å². The lowest BCUT2D eigenvalue weighted by Crippen LogP contribution is -2.57. The van der Waals surface area contributed by atoms with Crippen molar-refractivity contribution in [3.8, 4) is 5.69 Å². The van der Waals surface area contributed by atoms with Crippen LogP contribution in [0, 0.1) is 0 Å². The molecule has 0 radical (unpaired) electrons. The number of esters is 1.